The number of fused-ring (bicyclic) bond motifs is 1. The lowest BCUT2D eigenvalue weighted by Gasteiger charge is -2.22. The summed E-state index contributed by atoms with van der Waals surface area (Å²) in [5, 5.41) is 6.26. The van der Waals surface area contributed by atoms with Crippen LogP contribution >= 0.6 is 11.9 Å². The molecule has 0 bridgehead atoms. The fourth-order valence-corrected chi connectivity index (χ4v) is 5.49. The summed E-state index contributed by atoms with van der Waals surface area (Å²) in [4.78, 5) is 19.4. The van der Waals surface area contributed by atoms with Crippen molar-refractivity contribution in [3.05, 3.63) is 65.5 Å². The van der Waals surface area contributed by atoms with Gasteiger partial charge >= 0.3 is 0 Å². The molecule has 1 aliphatic rings. The average molecular weight is 566 g/mol. The van der Waals surface area contributed by atoms with E-state index in [1.807, 2.05) is 33.2 Å². The SMILES string of the molecule is CCc1cc(-c2ccc(NSc3ccccc3C(F)F)nc2C)nc2cnc(NC3CCCCC3)nc12.CNC. The minimum atomic E-state index is -2.53. The Morgan fingerprint density at radius 3 is 2.45 bits per heavy atom. The third-order valence-electron chi connectivity index (χ3n) is 6.73. The van der Waals surface area contributed by atoms with E-state index in [-0.39, 0.29) is 5.56 Å². The number of nitrogens with zero attached hydrogens (tertiary/aromatic N) is 4. The third-order valence-corrected chi connectivity index (χ3v) is 7.63. The lowest BCUT2D eigenvalue weighted by molar-refractivity contribution is 0.148. The first-order valence-corrected chi connectivity index (χ1v) is 14.5. The van der Waals surface area contributed by atoms with Gasteiger partial charge in [-0.3, -0.25) is 0 Å². The second kappa shape index (κ2) is 14.3. The lowest BCUT2D eigenvalue weighted by Crippen LogP contribution is -2.23. The first-order valence-electron chi connectivity index (χ1n) is 13.7. The van der Waals surface area contributed by atoms with Crippen LogP contribution < -0.4 is 15.4 Å². The first kappa shape index (κ1) is 29.6. The molecular formula is C30H37F2N7S. The van der Waals surface area contributed by atoms with Gasteiger partial charge in [0.2, 0.25) is 5.95 Å². The summed E-state index contributed by atoms with van der Waals surface area (Å²) < 4.78 is 29.7. The van der Waals surface area contributed by atoms with Crippen LogP contribution in [0.25, 0.3) is 22.3 Å². The molecule has 0 saturated heterocycles. The smallest absolute Gasteiger partial charge is 0.264 e. The number of anilines is 2. The van der Waals surface area contributed by atoms with Crippen molar-refractivity contribution in [1.82, 2.24) is 25.3 Å². The highest BCUT2D eigenvalue weighted by Gasteiger charge is 2.17. The van der Waals surface area contributed by atoms with E-state index in [0.717, 1.165) is 64.8 Å². The Morgan fingerprint density at radius 1 is 1.00 bits per heavy atom. The number of benzene rings is 1. The van der Waals surface area contributed by atoms with E-state index in [1.54, 1.807) is 24.4 Å². The summed E-state index contributed by atoms with van der Waals surface area (Å²) >= 11 is 1.13. The Labute approximate surface area is 239 Å². The topological polar surface area (TPSA) is 87.7 Å². The molecule has 3 heterocycles. The fourth-order valence-electron chi connectivity index (χ4n) is 4.75. The molecule has 0 radical (unpaired) electrons. The molecular weight excluding hydrogens is 528 g/mol. The first-order chi connectivity index (χ1) is 19.4. The highest BCUT2D eigenvalue weighted by molar-refractivity contribution is 8.00. The summed E-state index contributed by atoms with van der Waals surface area (Å²) in [6, 6.07) is 12.8. The minimum absolute atomic E-state index is 0.000109. The zero-order valence-corrected chi connectivity index (χ0v) is 24.3. The van der Waals surface area contributed by atoms with E-state index in [1.165, 1.54) is 25.3 Å². The molecule has 3 N–H and O–H groups in total. The molecule has 5 rings (SSSR count). The van der Waals surface area contributed by atoms with Gasteiger partial charge in [0, 0.05) is 27.8 Å². The van der Waals surface area contributed by atoms with Gasteiger partial charge in [-0.15, -0.1) is 0 Å². The summed E-state index contributed by atoms with van der Waals surface area (Å²) in [7, 11) is 3.75. The minimum Gasteiger partial charge on any atom is -0.351 e. The molecule has 0 amide bonds. The van der Waals surface area contributed by atoms with Gasteiger partial charge in [0.25, 0.3) is 6.43 Å². The van der Waals surface area contributed by atoms with Crippen LogP contribution in [0, 0.1) is 6.92 Å². The van der Waals surface area contributed by atoms with E-state index in [2.05, 4.69) is 38.3 Å². The van der Waals surface area contributed by atoms with Gasteiger partial charge in [-0.05, 0) is 82.1 Å². The number of aromatic nitrogens is 4. The Kier molecular flexibility index (Phi) is 10.6. The Balaban J connectivity index is 0.00000118. The zero-order chi connectivity index (χ0) is 28.5. The number of pyridine rings is 2. The van der Waals surface area contributed by atoms with Crippen molar-refractivity contribution < 1.29 is 8.78 Å². The largest absolute Gasteiger partial charge is 0.351 e. The summed E-state index contributed by atoms with van der Waals surface area (Å²) in [5.41, 5.74) is 5.24. The van der Waals surface area contributed by atoms with Crippen molar-refractivity contribution in [2.75, 3.05) is 24.1 Å². The second-order valence-electron chi connectivity index (χ2n) is 9.80. The van der Waals surface area contributed by atoms with Crippen LogP contribution in [0.15, 0.2) is 53.6 Å². The summed E-state index contributed by atoms with van der Waals surface area (Å²) in [6.45, 7) is 4.03. The number of nitrogens with one attached hydrogen (secondary N) is 3. The van der Waals surface area contributed by atoms with E-state index in [4.69, 9.17) is 9.97 Å². The van der Waals surface area contributed by atoms with E-state index < -0.39 is 6.43 Å². The number of rotatable bonds is 8. The van der Waals surface area contributed by atoms with Crippen molar-refractivity contribution in [3.63, 3.8) is 0 Å². The molecule has 1 aromatic carbocycles. The predicted octanol–water partition coefficient (Wildman–Crippen LogP) is 7.59. The summed E-state index contributed by atoms with van der Waals surface area (Å²) in [6.07, 6.45) is 6.21. The molecule has 40 heavy (non-hydrogen) atoms. The molecule has 7 nitrogen and oxygen atoms in total. The van der Waals surface area contributed by atoms with Crippen LogP contribution in [0.1, 0.15) is 62.3 Å². The molecule has 0 spiro atoms. The van der Waals surface area contributed by atoms with Crippen LogP contribution in [0.5, 0.6) is 0 Å². The molecule has 0 aliphatic heterocycles. The normalized spacial score (nSPS) is 13.7. The van der Waals surface area contributed by atoms with Crippen molar-refractivity contribution in [1.29, 1.82) is 0 Å². The number of halogens is 2. The molecule has 1 saturated carbocycles. The van der Waals surface area contributed by atoms with E-state index in [0.29, 0.717) is 22.7 Å². The van der Waals surface area contributed by atoms with Gasteiger partial charge in [0.1, 0.15) is 11.3 Å². The van der Waals surface area contributed by atoms with Gasteiger partial charge in [0.15, 0.2) is 0 Å². The van der Waals surface area contributed by atoms with Gasteiger partial charge in [-0.2, -0.15) is 0 Å². The van der Waals surface area contributed by atoms with Crippen molar-refractivity contribution in [3.8, 4) is 11.3 Å². The quantitative estimate of drug-likeness (QED) is 0.188. The van der Waals surface area contributed by atoms with Gasteiger partial charge in [-0.25, -0.2) is 28.7 Å². The van der Waals surface area contributed by atoms with Gasteiger partial charge < -0.3 is 15.4 Å². The standard InChI is InChI=1S/C28H30F2N6S.C2H7N/c1-3-18-15-22(34-23-16-31-28(35-26(18)23)33-19-9-5-4-6-10-19)20-13-14-25(32-17(20)2)36-37-24-12-8-7-11-21(24)27(29)30;1-3-2/h7-8,11-16,19,27H,3-6,9-10H2,1-2H3,(H,32,36)(H,31,33,35);3H,1-2H3. The Bertz CT molecular complexity index is 1410. The lowest BCUT2D eigenvalue weighted by atomic mass is 9.96. The Morgan fingerprint density at radius 2 is 1.75 bits per heavy atom. The van der Waals surface area contributed by atoms with Crippen LogP contribution in [0.2, 0.25) is 0 Å². The van der Waals surface area contributed by atoms with Crippen molar-refractivity contribution in [2.45, 2.75) is 69.7 Å². The highest BCUT2D eigenvalue weighted by Crippen LogP contribution is 2.32. The second-order valence-corrected chi connectivity index (χ2v) is 10.6. The maximum atomic E-state index is 13.3. The monoisotopic (exact) mass is 565 g/mol. The van der Waals surface area contributed by atoms with E-state index >= 15 is 0 Å². The molecule has 0 unspecified atom stereocenters. The van der Waals surface area contributed by atoms with Crippen LogP contribution in [-0.4, -0.2) is 40.1 Å². The Hall–Kier alpha value is -3.37. The van der Waals surface area contributed by atoms with Crippen LogP contribution in [0.4, 0.5) is 20.5 Å². The molecule has 1 aliphatic carbocycles. The maximum Gasteiger partial charge on any atom is 0.264 e. The molecule has 4 aromatic rings. The average Bonchev–Trinajstić information content (AvgIpc) is 2.96. The zero-order valence-electron chi connectivity index (χ0n) is 23.5. The molecule has 1 fully saturated rings. The molecule has 212 valence electrons. The third kappa shape index (κ3) is 7.42. The molecule has 0 atom stereocenters. The fraction of sp³-hybridized carbons (Fsp3) is 0.400. The summed E-state index contributed by atoms with van der Waals surface area (Å²) in [5.74, 6) is 1.26. The number of hydrogen-bond donors (Lipinski definition) is 3. The van der Waals surface area contributed by atoms with E-state index in [9.17, 15) is 8.78 Å². The van der Waals surface area contributed by atoms with Gasteiger partial charge in [0.05, 0.1) is 17.4 Å². The molecule has 10 heteroatoms. The number of alkyl halides is 2. The van der Waals surface area contributed by atoms with Crippen molar-refractivity contribution in [2.24, 2.45) is 0 Å². The van der Waals surface area contributed by atoms with Crippen LogP contribution in [0.3, 0.4) is 0 Å². The molecule has 3 aromatic heterocycles. The highest BCUT2D eigenvalue weighted by atomic mass is 32.2. The van der Waals surface area contributed by atoms with Gasteiger partial charge in [-0.1, -0.05) is 44.4 Å². The van der Waals surface area contributed by atoms with Crippen molar-refractivity contribution >= 4 is 34.7 Å². The van der Waals surface area contributed by atoms with Crippen LogP contribution in [-0.2, 0) is 6.42 Å². The number of aryl methyl sites for hydroxylation is 2. The maximum absolute atomic E-state index is 13.3. The predicted molar refractivity (Wildman–Crippen MR) is 161 cm³/mol. The number of hydrogen-bond acceptors (Lipinski definition) is 8.